The second-order valence-corrected chi connectivity index (χ2v) is 8.75. The molecule has 0 amide bonds. The molecule has 9 heteroatoms. The maximum atomic E-state index is 12.3. The third-order valence-corrected chi connectivity index (χ3v) is 6.28. The minimum absolute atomic E-state index is 0.0468. The van der Waals surface area contributed by atoms with Gasteiger partial charge in [-0.3, -0.25) is 5.10 Å². The van der Waals surface area contributed by atoms with Gasteiger partial charge in [0.05, 0.1) is 12.0 Å². The molecule has 0 aliphatic rings. The quantitative estimate of drug-likeness (QED) is 0.458. The SMILES string of the molecule is COC(=O)c1[nH]nc(-c2ccc(-c3ccsc3)cc2)c1-c1ccccc1S(N)(=O)=O. The number of sulfonamides is 1. The van der Waals surface area contributed by atoms with E-state index in [-0.39, 0.29) is 16.2 Å². The molecular weight excluding hydrogens is 422 g/mol. The number of nitrogens with zero attached hydrogens (tertiary/aromatic N) is 1. The number of carbonyl (C=O) groups excluding carboxylic acids is 1. The van der Waals surface area contributed by atoms with Crippen molar-refractivity contribution in [3.05, 3.63) is 71.1 Å². The number of nitrogens with one attached hydrogen (secondary N) is 1. The lowest BCUT2D eigenvalue weighted by Gasteiger charge is -2.10. The second-order valence-electron chi connectivity index (χ2n) is 6.44. The molecule has 0 saturated carbocycles. The normalized spacial score (nSPS) is 11.4. The van der Waals surface area contributed by atoms with Crippen molar-refractivity contribution in [2.45, 2.75) is 4.90 Å². The first-order valence-corrected chi connectivity index (χ1v) is 11.3. The summed E-state index contributed by atoms with van der Waals surface area (Å²) in [4.78, 5) is 12.2. The van der Waals surface area contributed by atoms with E-state index in [2.05, 4.69) is 10.2 Å². The van der Waals surface area contributed by atoms with Gasteiger partial charge in [0.15, 0.2) is 5.69 Å². The maximum Gasteiger partial charge on any atom is 0.356 e. The number of nitrogens with two attached hydrogens (primary N) is 1. The second kappa shape index (κ2) is 7.86. The zero-order valence-electron chi connectivity index (χ0n) is 15.8. The predicted octanol–water partition coefficient (Wildman–Crippen LogP) is 3.91. The number of hydrogen-bond acceptors (Lipinski definition) is 6. The van der Waals surface area contributed by atoms with Gasteiger partial charge in [-0.2, -0.15) is 16.4 Å². The molecule has 7 nitrogen and oxygen atoms in total. The van der Waals surface area contributed by atoms with E-state index in [1.54, 1.807) is 29.5 Å². The van der Waals surface area contributed by atoms with Gasteiger partial charge in [-0.25, -0.2) is 18.4 Å². The number of thiophene rings is 1. The Morgan fingerprint density at radius 1 is 1.03 bits per heavy atom. The third kappa shape index (κ3) is 3.65. The molecule has 0 fully saturated rings. The summed E-state index contributed by atoms with van der Waals surface area (Å²) in [5, 5.41) is 16.4. The van der Waals surface area contributed by atoms with E-state index in [1.807, 2.05) is 41.1 Å². The summed E-state index contributed by atoms with van der Waals surface area (Å²) in [6, 6.07) is 15.9. The summed E-state index contributed by atoms with van der Waals surface area (Å²) < 4.78 is 29.2. The fraction of sp³-hybridized carbons (Fsp3) is 0.0476. The summed E-state index contributed by atoms with van der Waals surface area (Å²) in [5.74, 6) is -0.664. The molecular formula is C21H17N3O4S2. The van der Waals surface area contributed by atoms with E-state index in [0.717, 1.165) is 11.1 Å². The summed E-state index contributed by atoms with van der Waals surface area (Å²) in [6.07, 6.45) is 0. The summed E-state index contributed by atoms with van der Waals surface area (Å²) >= 11 is 1.61. The van der Waals surface area contributed by atoms with Crippen LogP contribution in [0.4, 0.5) is 0 Å². The van der Waals surface area contributed by atoms with Crippen LogP contribution in [0.2, 0.25) is 0 Å². The van der Waals surface area contributed by atoms with Gasteiger partial charge in [-0.1, -0.05) is 42.5 Å². The third-order valence-electron chi connectivity index (χ3n) is 4.63. The van der Waals surface area contributed by atoms with Crippen molar-refractivity contribution in [3.8, 4) is 33.5 Å². The molecule has 4 rings (SSSR count). The first-order chi connectivity index (χ1) is 14.4. The molecule has 0 spiro atoms. The van der Waals surface area contributed by atoms with E-state index in [9.17, 15) is 13.2 Å². The zero-order chi connectivity index (χ0) is 21.3. The van der Waals surface area contributed by atoms with Crippen molar-refractivity contribution in [2.75, 3.05) is 7.11 Å². The number of aromatic amines is 1. The molecule has 2 aromatic heterocycles. The molecule has 3 N–H and O–H groups in total. The van der Waals surface area contributed by atoms with Crippen LogP contribution >= 0.6 is 11.3 Å². The number of rotatable bonds is 5. The molecule has 152 valence electrons. The molecule has 0 aliphatic heterocycles. The van der Waals surface area contributed by atoms with Crippen LogP contribution in [0.3, 0.4) is 0 Å². The minimum atomic E-state index is -4.04. The van der Waals surface area contributed by atoms with Crippen molar-refractivity contribution in [1.82, 2.24) is 10.2 Å². The van der Waals surface area contributed by atoms with Gasteiger partial charge in [0.1, 0.15) is 5.69 Å². The van der Waals surface area contributed by atoms with E-state index < -0.39 is 16.0 Å². The standard InChI is InChI=1S/C21H17N3O4S2/c1-28-21(25)20-18(16-4-2-3-5-17(16)30(22,26)27)19(23-24-20)14-8-6-13(7-9-14)15-10-11-29-12-15/h2-12H,1H3,(H,23,24)(H2,22,26,27). The summed E-state index contributed by atoms with van der Waals surface area (Å²) in [5.41, 5.74) is 3.90. The van der Waals surface area contributed by atoms with Crippen molar-refractivity contribution in [2.24, 2.45) is 5.14 Å². The van der Waals surface area contributed by atoms with Gasteiger partial charge < -0.3 is 4.74 Å². The molecule has 0 radical (unpaired) electrons. The number of carbonyl (C=O) groups is 1. The number of benzene rings is 2. The summed E-state index contributed by atoms with van der Waals surface area (Å²) in [6.45, 7) is 0. The number of primary sulfonamides is 1. The molecule has 4 aromatic rings. The topological polar surface area (TPSA) is 115 Å². The zero-order valence-corrected chi connectivity index (χ0v) is 17.5. The van der Waals surface area contributed by atoms with Crippen molar-refractivity contribution in [1.29, 1.82) is 0 Å². The van der Waals surface area contributed by atoms with E-state index >= 15 is 0 Å². The highest BCUT2D eigenvalue weighted by molar-refractivity contribution is 7.89. The van der Waals surface area contributed by atoms with Crippen molar-refractivity contribution in [3.63, 3.8) is 0 Å². The van der Waals surface area contributed by atoms with Crippen LogP contribution in [-0.2, 0) is 14.8 Å². The maximum absolute atomic E-state index is 12.3. The largest absolute Gasteiger partial charge is 0.464 e. The number of ether oxygens (including phenoxy) is 1. The van der Waals surface area contributed by atoms with Gasteiger partial charge >= 0.3 is 5.97 Å². The van der Waals surface area contributed by atoms with Crippen molar-refractivity contribution < 1.29 is 17.9 Å². The number of esters is 1. The molecule has 2 aromatic carbocycles. The number of methoxy groups -OCH3 is 1. The molecule has 0 unspecified atom stereocenters. The lowest BCUT2D eigenvalue weighted by Crippen LogP contribution is -2.14. The Hall–Kier alpha value is -3.27. The monoisotopic (exact) mass is 439 g/mol. The smallest absolute Gasteiger partial charge is 0.356 e. The molecule has 0 bridgehead atoms. The van der Waals surface area contributed by atoms with Crippen LogP contribution in [0.15, 0.2) is 70.3 Å². The van der Waals surface area contributed by atoms with Gasteiger partial charge in [0.25, 0.3) is 0 Å². The Bertz CT molecular complexity index is 1310. The highest BCUT2D eigenvalue weighted by Gasteiger charge is 2.26. The fourth-order valence-corrected chi connectivity index (χ4v) is 4.64. The lowest BCUT2D eigenvalue weighted by molar-refractivity contribution is 0.0595. The molecule has 30 heavy (non-hydrogen) atoms. The first-order valence-electron chi connectivity index (χ1n) is 8.82. The average Bonchev–Trinajstić information content (AvgIpc) is 3.43. The van der Waals surface area contributed by atoms with Crippen LogP contribution < -0.4 is 5.14 Å². The number of H-pyrrole nitrogens is 1. The molecule has 0 atom stereocenters. The van der Waals surface area contributed by atoms with Crippen molar-refractivity contribution >= 4 is 27.3 Å². The molecule has 0 aliphatic carbocycles. The number of aromatic nitrogens is 2. The van der Waals surface area contributed by atoms with Gasteiger partial charge in [0.2, 0.25) is 10.0 Å². The van der Waals surface area contributed by atoms with Crippen LogP contribution in [0.25, 0.3) is 33.5 Å². The Morgan fingerprint density at radius 2 is 1.73 bits per heavy atom. The number of hydrogen-bond donors (Lipinski definition) is 2. The fourth-order valence-electron chi connectivity index (χ4n) is 3.23. The highest BCUT2D eigenvalue weighted by atomic mass is 32.2. The van der Waals surface area contributed by atoms with E-state index in [4.69, 9.17) is 9.88 Å². The van der Waals surface area contributed by atoms with Crippen LogP contribution in [0.5, 0.6) is 0 Å². The average molecular weight is 440 g/mol. The van der Waals surface area contributed by atoms with Crippen LogP contribution in [0, 0.1) is 0 Å². The van der Waals surface area contributed by atoms with Crippen LogP contribution in [-0.4, -0.2) is 31.7 Å². The Kier molecular flexibility index (Phi) is 5.25. The Morgan fingerprint density at radius 3 is 2.37 bits per heavy atom. The summed E-state index contributed by atoms with van der Waals surface area (Å²) in [7, 11) is -2.79. The Labute approximate surface area is 177 Å². The molecule has 2 heterocycles. The predicted molar refractivity (Wildman–Crippen MR) is 115 cm³/mol. The first kappa shape index (κ1) is 20.0. The van der Waals surface area contributed by atoms with E-state index in [1.165, 1.54) is 13.2 Å². The van der Waals surface area contributed by atoms with Gasteiger partial charge in [0, 0.05) is 16.7 Å². The van der Waals surface area contributed by atoms with Gasteiger partial charge in [-0.15, -0.1) is 0 Å². The van der Waals surface area contributed by atoms with Crippen LogP contribution in [0.1, 0.15) is 10.5 Å². The lowest BCUT2D eigenvalue weighted by atomic mass is 9.97. The molecule has 0 saturated heterocycles. The van der Waals surface area contributed by atoms with E-state index in [0.29, 0.717) is 16.8 Å². The Balaban J connectivity index is 1.92. The minimum Gasteiger partial charge on any atom is -0.464 e. The van der Waals surface area contributed by atoms with Gasteiger partial charge in [-0.05, 0) is 34.0 Å². The highest BCUT2D eigenvalue weighted by Crippen LogP contribution is 2.37.